The van der Waals surface area contributed by atoms with E-state index >= 15 is 0 Å². The van der Waals surface area contributed by atoms with E-state index in [1.807, 2.05) is 6.92 Å². The van der Waals surface area contributed by atoms with Gasteiger partial charge in [-0.15, -0.1) is 6.42 Å². The van der Waals surface area contributed by atoms with E-state index in [0.29, 0.717) is 6.42 Å². The van der Waals surface area contributed by atoms with Crippen LogP contribution in [0.3, 0.4) is 0 Å². The molecule has 0 aromatic carbocycles. The Morgan fingerprint density at radius 1 is 1.39 bits per heavy atom. The zero-order valence-corrected chi connectivity index (χ0v) is 12.1. The molecule has 0 bridgehead atoms. The number of terminal acetylenes is 1. The monoisotopic (exact) mass is 293 g/mol. The highest BCUT2D eigenvalue weighted by Crippen LogP contribution is 2.19. The highest BCUT2D eigenvalue weighted by Gasteiger charge is 2.33. The van der Waals surface area contributed by atoms with Crippen molar-refractivity contribution in [3.63, 3.8) is 0 Å². The second-order valence-corrected chi connectivity index (χ2v) is 8.82. The first kappa shape index (κ1) is 15.5. The smallest absolute Gasteiger partial charge is 0.215 e. The average molecular weight is 293 g/mol. The molecule has 1 N–H and O–H groups in total. The minimum absolute atomic E-state index is 0.0624. The van der Waals surface area contributed by atoms with Gasteiger partial charge in [0.05, 0.1) is 22.8 Å². The molecule has 0 aliphatic carbocycles. The molecule has 0 aromatic heterocycles. The molecule has 1 fully saturated rings. The number of rotatable bonds is 5. The summed E-state index contributed by atoms with van der Waals surface area (Å²) in [7, 11) is -6.58. The van der Waals surface area contributed by atoms with Crippen LogP contribution >= 0.6 is 0 Å². The van der Waals surface area contributed by atoms with Crippen LogP contribution in [0.1, 0.15) is 32.6 Å². The first-order chi connectivity index (χ1) is 8.30. The van der Waals surface area contributed by atoms with Crippen molar-refractivity contribution in [1.82, 2.24) is 4.72 Å². The van der Waals surface area contributed by atoms with Gasteiger partial charge < -0.3 is 0 Å². The van der Waals surface area contributed by atoms with Gasteiger partial charge in [0.15, 0.2) is 0 Å². The molecule has 1 unspecified atom stereocenters. The highest BCUT2D eigenvalue weighted by atomic mass is 32.2. The van der Waals surface area contributed by atoms with Gasteiger partial charge in [-0.05, 0) is 19.3 Å². The SMILES string of the molecule is C#CC(CCC)NS(=O)(=O)C1CCS(=O)(=O)CC1. The minimum Gasteiger partial charge on any atom is -0.229 e. The number of sulfone groups is 1. The number of sulfonamides is 1. The second kappa shape index (κ2) is 6.04. The largest absolute Gasteiger partial charge is 0.229 e. The van der Waals surface area contributed by atoms with Crippen LogP contribution in [-0.4, -0.2) is 39.6 Å². The van der Waals surface area contributed by atoms with E-state index < -0.39 is 31.2 Å². The molecule has 18 heavy (non-hydrogen) atoms. The van der Waals surface area contributed by atoms with E-state index in [1.165, 1.54) is 0 Å². The molecule has 1 rings (SSSR count). The quantitative estimate of drug-likeness (QED) is 0.739. The summed E-state index contributed by atoms with van der Waals surface area (Å²) in [5, 5.41) is -0.645. The average Bonchev–Trinajstić information content (AvgIpc) is 2.27. The Kier molecular flexibility index (Phi) is 5.20. The van der Waals surface area contributed by atoms with Crippen LogP contribution in [-0.2, 0) is 19.9 Å². The lowest BCUT2D eigenvalue weighted by Gasteiger charge is -2.23. The summed E-state index contributed by atoms with van der Waals surface area (Å²) in [6.45, 7) is 1.92. The van der Waals surface area contributed by atoms with Crippen molar-refractivity contribution in [2.75, 3.05) is 11.5 Å². The lowest BCUT2D eigenvalue weighted by molar-refractivity contribution is 0.532. The molecular formula is C11H19NO4S2. The van der Waals surface area contributed by atoms with Crippen molar-refractivity contribution in [3.05, 3.63) is 0 Å². The lowest BCUT2D eigenvalue weighted by Crippen LogP contribution is -2.43. The van der Waals surface area contributed by atoms with Gasteiger partial charge in [0.1, 0.15) is 9.84 Å². The van der Waals surface area contributed by atoms with Crippen molar-refractivity contribution in [2.24, 2.45) is 0 Å². The zero-order valence-electron chi connectivity index (χ0n) is 10.4. The fourth-order valence-electron chi connectivity index (χ4n) is 1.94. The van der Waals surface area contributed by atoms with E-state index in [1.54, 1.807) is 0 Å². The Hall–Kier alpha value is -0.580. The molecule has 1 aliphatic rings. The van der Waals surface area contributed by atoms with Gasteiger partial charge in [0.25, 0.3) is 0 Å². The van der Waals surface area contributed by atoms with Gasteiger partial charge in [0, 0.05) is 0 Å². The first-order valence-corrected chi connectivity index (χ1v) is 9.35. The van der Waals surface area contributed by atoms with Crippen LogP contribution in [0.25, 0.3) is 0 Å². The third-order valence-corrected chi connectivity index (χ3v) is 6.70. The first-order valence-electron chi connectivity index (χ1n) is 5.98. The molecular weight excluding hydrogens is 274 g/mol. The maximum atomic E-state index is 12.0. The standard InChI is InChI=1S/C11H19NO4S2/c1-3-5-10(4-2)12-18(15,16)11-6-8-17(13,14)9-7-11/h2,10-12H,3,5-9H2,1H3. The number of hydrogen-bond acceptors (Lipinski definition) is 4. The summed E-state index contributed by atoms with van der Waals surface area (Å²) in [6.07, 6.45) is 6.95. The topological polar surface area (TPSA) is 80.3 Å². The van der Waals surface area contributed by atoms with E-state index in [2.05, 4.69) is 10.6 Å². The van der Waals surface area contributed by atoms with Gasteiger partial charge in [0.2, 0.25) is 10.0 Å². The van der Waals surface area contributed by atoms with Gasteiger partial charge in [-0.2, -0.15) is 0 Å². The molecule has 0 radical (unpaired) electrons. The number of hydrogen-bond donors (Lipinski definition) is 1. The molecule has 7 heteroatoms. The molecule has 104 valence electrons. The highest BCUT2D eigenvalue weighted by molar-refractivity contribution is 7.92. The molecule has 1 atom stereocenters. The predicted molar refractivity (Wildman–Crippen MR) is 71.3 cm³/mol. The molecule has 0 saturated carbocycles. The summed E-state index contributed by atoms with van der Waals surface area (Å²) < 4.78 is 49.1. The Morgan fingerprint density at radius 2 is 1.94 bits per heavy atom. The summed E-state index contributed by atoms with van der Waals surface area (Å²) in [5.41, 5.74) is 0. The molecule has 1 heterocycles. The van der Waals surface area contributed by atoms with Crippen LogP contribution in [0.2, 0.25) is 0 Å². The Labute approximate surface area is 109 Å². The molecule has 1 aliphatic heterocycles. The fraction of sp³-hybridized carbons (Fsp3) is 0.818. The molecule has 0 spiro atoms. The van der Waals surface area contributed by atoms with Crippen molar-refractivity contribution < 1.29 is 16.8 Å². The maximum Gasteiger partial charge on any atom is 0.215 e. The van der Waals surface area contributed by atoms with Gasteiger partial charge in [-0.1, -0.05) is 19.3 Å². The summed E-state index contributed by atoms with van der Waals surface area (Å²) in [4.78, 5) is 0. The number of nitrogens with one attached hydrogen (secondary N) is 1. The van der Waals surface area contributed by atoms with Crippen molar-refractivity contribution in [1.29, 1.82) is 0 Å². The Morgan fingerprint density at radius 3 is 2.39 bits per heavy atom. The van der Waals surface area contributed by atoms with E-state index in [9.17, 15) is 16.8 Å². The summed E-state index contributed by atoms with van der Waals surface area (Å²) >= 11 is 0. The second-order valence-electron chi connectivity index (χ2n) is 4.52. The maximum absolute atomic E-state index is 12.0. The van der Waals surface area contributed by atoms with E-state index in [0.717, 1.165) is 6.42 Å². The third kappa shape index (κ3) is 4.26. The molecule has 1 saturated heterocycles. The van der Waals surface area contributed by atoms with Crippen molar-refractivity contribution in [3.8, 4) is 12.3 Å². The molecule has 0 amide bonds. The van der Waals surface area contributed by atoms with Gasteiger partial charge in [-0.25, -0.2) is 21.6 Å². The fourth-order valence-corrected chi connectivity index (χ4v) is 5.36. The zero-order chi connectivity index (χ0) is 13.8. The Bertz CT molecular complexity index is 502. The summed E-state index contributed by atoms with van der Waals surface area (Å²) in [5.74, 6) is 2.28. The summed E-state index contributed by atoms with van der Waals surface area (Å²) in [6, 6.07) is -0.501. The minimum atomic E-state index is -3.52. The van der Waals surface area contributed by atoms with Gasteiger partial charge in [-0.3, -0.25) is 0 Å². The Balaban J connectivity index is 2.68. The van der Waals surface area contributed by atoms with Crippen LogP contribution in [0.5, 0.6) is 0 Å². The lowest BCUT2D eigenvalue weighted by atomic mass is 10.2. The van der Waals surface area contributed by atoms with E-state index in [4.69, 9.17) is 6.42 Å². The van der Waals surface area contributed by atoms with Crippen molar-refractivity contribution >= 4 is 19.9 Å². The van der Waals surface area contributed by atoms with Crippen LogP contribution in [0, 0.1) is 12.3 Å². The van der Waals surface area contributed by atoms with Crippen molar-refractivity contribution in [2.45, 2.75) is 43.9 Å². The molecule has 5 nitrogen and oxygen atoms in total. The predicted octanol–water partition coefficient (Wildman–Crippen LogP) is 0.285. The van der Waals surface area contributed by atoms with Gasteiger partial charge >= 0.3 is 0 Å². The van der Waals surface area contributed by atoms with Crippen LogP contribution in [0.15, 0.2) is 0 Å². The van der Waals surface area contributed by atoms with E-state index in [-0.39, 0.29) is 24.3 Å². The normalized spacial score (nSPS) is 22.2. The van der Waals surface area contributed by atoms with Crippen LogP contribution in [0.4, 0.5) is 0 Å². The van der Waals surface area contributed by atoms with Crippen LogP contribution < -0.4 is 4.72 Å². The molecule has 0 aromatic rings. The third-order valence-electron chi connectivity index (χ3n) is 3.03.